The van der Waals surface area contributed by atoms with Gasteiger partial charge in [0.15, 0.2) is 23.0 Å². The topological polar surface area (TPSA) is 217 Å². The van der Waals surface area contributed by atoms with Gasteiger partial charge < -0.3 is 54.4 Å². The molecular formula is C30H26O13. The van der Waals surface area contributed by atoms with Crippen molar-refractivity contribution in [3.8, 4) is 40.1 Å². The smallest absolute Gasteiger partial charge is 0.331 e. The van der Waals surface area contributed by atoms with E-state index in [-0.39, 0.29) is 39.5 Å². The van der Waals surface area contributed by atoms with Gasteiger partial charge in [0.2, 0.25) is 6.29 Å². The standard InChI is InChI=1S/C30H26O13/c31-13-24-29(43-25(37)8-3-14-1-5-16(32)6-2-14)27(38)28(39)30(42-24)40-17-10-20(35)26-21(36)12-22(41-23(26)11-17)15-4-7-18(33)19(34)9-15/h1-12,24,27-35,38-39H,13H2/t24-,27-,28-,29-,30-/m1/s1. The Kier molecular flexibility index (Phi) is 8.23. The van der Waals surface area contributed by atoms with Gasteiger partial charge in [-0.15, -0.1) is 0 Å². The Labute approximate surface area is 242 Å². The summed E-state index contributed by atoms with van der Waals surface area (Å²) < 4.78 is 22.2. The highest BCUT2D eigenvalue weighted by atomic mass is 16.7. The van der Waals surface area contributed by atoms with Gasteiger partial charge >= 0.3 is 5.97 Å². The lowest BCUT2D eigenvalue weighted by molar-refractivity contribution is -0.280. The van der Waals surface area contributed by atoms with Crippen molar-refractivity contribution in [2.75, 3.05) is 6.61 Å². The highest BCUT2D eigenvalue weighted by Crippen LogP contribution is 2.35. The molecule has 1 aromatic heterocycles. The minimum atomic E-state index is -1.79. The van der Waals surface area contributed by atoms with Crippen LogP contribution in [0.25, 0.3) is 28.4 Å². The van der Waals surface area contributed by atoms with Gasteiger partial charge in [-0.2, -0.15) is 0 Å². The van der Waals surface area contributed by atoms with Crippen LogP contribution in [0.1, 0.15) is 5.56 Å². The summed E-state index contributed by atoms with van der Waals surface area (Å²) >= 11 is 0. The largest absolute Gasteiger partial charge is 0.508 e. The molecule has 7 N–H and O–H groups in total. The number of phenols is 4. The third kappa shape index (κ3) is 6.24. The summed E-state index contributed by atoms with van der Waals surface area (Å²) in [6, 6.07) is 13.1. The van der Waals surface area contributed by atoms with Crippen LogP contribution in [0.5, 0.6) is 28.7 Å². The van der Waals surface area contributed by atoms with Gasteiger partial charge in [0.05, 0.1) is 6.61 Å². The second-order valence-corrected chi connectivity index (χ2v) is 9.64. The van der Waals surface area contributed by atoms with Crippen LogP contribution < -0.4 is 10.2 Å². The van der Waals surface area contributed by atoms with E-state index in [9.17, 15) is 45.3 Å². The van der Waals surface area contributed by atoms with E-state index in [1.54, 1.807) is 12.1 Å². The molecule has 1 fully saturated rings. The van der Waals surface area contributed by atoms with Crippen LogP contribution >= 0.6 is 0 Å². The monoisotopic (exact) mass is 594 g/mol. The van der Waals surface area contributed by atoms with Crippen molar-refractivity contribution >= 4 is 23.0 Å². The number of rotatable bonds is 7. The summed E-state index contributed by atoms with van der Waals surface area (Å²) in [4.78, 5) is 25.1. The second-order valence-electron chi connectivity index (χ2n) is 9.64. The van der Waals surface area contributed by atoms with Crippen molar-refractivity contribution in [3.05, 3.63) is 82.5 Å². The van der Waals surface area contributed by atoms with Gasteiger partial charge in [-0.05, 0) is 42.0 Å². The number of aromatic hydroxyl groups is 4. The molecule has 0 amide bonds. The lowest BCUT2D eigenvalue weighted by Crippen LogP contribution is -2.61. The summed E-state index contributed by atoms with van der Waals surface area (Å²) in [5.41, 5.74) is 0.0623. The van der Waals surface area contributed by atoms with Crippen LogP contribution in [0.2, 0.25) is 0 Å². The molecule has 0 bridgehead atoms. The van der Waals surface area contributed by atoms with Gasteiger partial charge in [-0.1, -0.05) is 12.1 Å². The Morgan fingerprint density at radius 1 is 0.884 bits per heavy atom. The second kappa shape index (κ2) is 12.0. The van der Waals surface area contributed by atoms with Gasteiger partial charge in [0.25, 0.3) is 0 Å². The van der Waals surface area contributed by atoms with Crippen LogP contribution in [0.3, 0.4) is 0 Å². The molecule has 1 aliphatic rings. The summed E-state index contributed by atoms with van der Waals surface area (Å²) in [5, 5.41) is 70.3. The first-order chi connectivity index (χ1) is 20.5. The number of ether oxygens (including phenoxy) is 3. The van der Waals surface area contributed by atoms with E-state index in [1.807, 2.05) is 0 Å². The predicted octanol–water partition coefficient (Wildman–Crippen LogP) is 1.73. The highest BCUT2D eigenvalue weighted by molar-refractivity contribution is 5.87. The molecule has 13 nitrogen and oxygen atoms in total. The third-order valence-electron chi connectivity index (χ3n) is 6.67. The number of hydrogen-bond acceptors (Lipinski definition) is 13. The van der Waals surface area contributed by atoms with Gasteiger partial charge in [0.1, 0.15) is 52.3 Å². The molecule has 1 aliphatic heterocycles. The average molecular weight is 595 g/mol. The van der Waals surface area contributed by atoms with Gasteiger partial charge in [-0.25, -0.2) is 4.79 Å². The van der Waals surface area contributed by atoms with Crippen LogP contribution in [0, 0.1) is 0 Å². The summed E-state index contributed by atoms with van der Waals surface area (Å²) in [6.45, 7) is -0.732. The van der Waals surface area contributed by atoms with E-state index >= 15 is 0 Å². The first-order valence-electron chi connectivity index (χ1n) is 12.8. The zero-order valence-corrected chi connectivity index (χ0v) is 22.1. The molecule has 2 heterocycles. The van der Waals surface area contributed by atoms with Crippen LogP contribution in [-0.4, -0.2) is 79.0 Å². The minimum absolute atomic E-state index is 0.00168. The zero-order valence-electron chi connectivity index (χ0n) is 22.1. The minimum Gasteiger partial charge on any atom is -0.508 e. The lowest BCUT2D eigenvalue weighted by atomic mass is 9.99. The predicted molar refractivity (Wildman–Crippen MR) is 148 cm³/mol. The molecule has 5 atom stereocenters. The number of phenolic OH excluding ortho intramolecular Hbond substituents is 4. The molecule has 0 radical (unpaired) electrons. The molecule has 0 unspecified atom stereocenters. The summed E-state index contributed by atoms with van der Waals surface area (Å²) in [5.74, 6) is -2.37. The highest BCUT2D eigenvalue weighted by Gasteiger charge is 2.47. The number of esters is 1. The Morgan fingerprint density at radius 3 is 2.33 bits per heavy atom. The lowest BCUT2D eigenvalue weighted by Gasteiger charge is -2.41. The average Bonchev–Trinajstić information content (AvgIpc) is 2.97. The molecule has 224 valence electrons. The van der Waals surface area contributed by atoms with Crippen molar-refractivity contribution < 1.29 is 59.2 Å². The molecule has 4 aromatic rings. The summed E-state index contributed by atoms with van der Waals surface area (Å²) in [7, 11) is 0. The van der Waals surface area contributed by atoms with Crippen LogP contribution in [0.15, 0.2) is 76.0 Å². The van der Waals surface area contributed by atoms with E-state index in [2.05, 4.69) is 0 Å². The molecule has 5 rings (SSSR count). The first-order valence-corrected chi connectivity index (χ1v) is 12.8. The van der Waals surface area contributed by atoms with E-state index in [4.69, 9.17) is 18.6 Å². The number of carbonyl (C=O) groups excluding carboxylic acids is 1. The Bertz CT molecular complexity index is 1730. The molecule has 13 heteroatoms. The van der Waals surface area contributed by atoms with Crippen molar-refractivity contribution in [1.82, 2.24) is 0 Å². The van der Waals surface area contributed by atoms with Gasteiger partial charge in [-0.3, -0.25) is 4.79 Å². The van der Waals surface area contributed by atoms with E-state index in [0.29, 0.717) is 5.56 Å². The molecule has 0 spiro atoms. The van der Waals surface area contributed by atoms with Crippen molar-refractivity contribution in [3.63, 3.8) is 0 Å². The number of hydrogen-bond donors (Lipinski definition) is 7. The Morgan fingerprint density at radius 2 is 1.63 bits per heavy atom. The number of aliphatic hydroxyl groups is 3. The fourth-order valence-electron chi connectivity index (χ4n) is 4.48. The number of fused-ring (bicyclic) bond motifs is 1. The maximum atomic E-state index is 12.7. The van der Waals surface area contributed by atoms with E-state index in [0.717, 1.165) is 18.2 Å². The summed E-state index contributed by atoms with van der Waals surface area (Å²) in [6.07, 6.45) is -5.52. The van der Waals surface area contributed by atoms with E-state index < -0.39 is 60.2 Å². The Hall–Kier alpha value is -5.08. The molecule has 43 heavy (non-hydrogen) atoms. The normalized spacial score (nSPS) is 22.1. The Balaban J connectivity index is 1.34. The van der Waals surface area contributed by atoms with Crippen molar-refractivity contribution in [2.24, 2.45) is 0 Å². The molecule has 0 saturated carbocycles. The maximum absolute atomic E-state index is 12.7. The van der Waals surface area contributed by atoms with Crippen molar-refractivity contribution in [2.45, 2.75) is 30.7 Å². The number of benzene rings is 3. The first kappa shape index (κ1) is 29.4. The van der Waals surface area contributed by atoms with Crippen LogP contribution in [-0.2, 0) is 14.3 Å². The van der Waals surface area contributed by atoms with Crippen molar-refractivity contribution in [1.29, 1.82) is 0 Å². The third-order valence-corrected chi connectivity index (χ3v) is 6.67. The van der Waals surface area contributed by atoms with Gasteiger partial charge in [0, 0.05) is 29.8 Å². The molecular weight excluding hydrogens is 568 g/mol. The fourth-order valence-corrected chi connectivity index (χ4v) is 4.48. The number of carbonyl (C=O) groups is 1. The quantitative estimate of drug-likeness (QED) is 0.0923. The zero-order chi connectivity index (χ0) is 30.8. The SMILES string of the molecule is O=C(C=Cc1ccc(O)cc1)O[C@H]1[C@H](O)[C@@H](O)[C@H](Oc2cc(O)c3c(=O)cc(-c4ccc(O)c(O)c4)oc3c2)O[C@@H]1CO. The van der Waals surface area contributed by atoms with E-state index in [1.165, 1.54) is 42.5 Å². The molecule has 0 aliphatic carbocycles. The van der Waals surface area contributed by atoms with Crippen LogP contribution in [0.4, 0.5) is 0 Å². The molecule has 3 aromatic carbocycles. The maximum Gasteiger partial charge on any atom is 0.331 e. The fraction of sp³-hybridized carbons (Fsp3) is 0.200. The molecule has 1 saturated heterocycles. The number of aliphatic hydroxyl groups excluding tert-OH is 3.